The largest absolute Gasteiger partial charge is 0.490 e. The van der Waals surface area contributed by atoms with E-state index in [1.54, 1.807) is 31.2 Å². The molecule has 7 nitrogen and oxygen atoms in total. The second-order valence-corrected chi connectivity index (χ2v) is 15.9. The molecule has 0 saturated heterocycles. The second kappa shape index (κ2) is 12.2. The van der Waals surface area contributed by atoms with E-state index < -0.39 is 50.5 Å². The van der Waals surface area contributed by atoms with Crippen LogP contribution in [0.2, 0.25) is 5.02 Å². The summed E-state index contributed by atoms with van der Waals surface area (Å²) in [5, 5.41) is -0.268. The average molecular weight is 663 g/mol. The molecule has 1 N–H and O–H groups in total. The number of hydrogen-bond donors (Lipinski definition) is 1. The smallest absolute Gasteiger partial charge is 0.270 e. The molecule has 0 aromatic heterocycles. The molecule has 45 heavy (non-hydrogen) atoms. The van der Waals surface area contributed by atoms with Crippen LogP contribution in [0, 0.1) is 17.8 Å². The summed E-state index contributed by atoms with van der Waals surface area (Å²) in [4.78, 5) is 15.6. The standard InChI is InChI=1S/C34H41ClF2N2O5S/c1-21-6-4-15-34(43-3,32(36)37)28-11-8-25(28)18-39-19-33(14-5-7-23-16-26(35)10-12-27(23)33)20-44-30-13-9-24(17-29(30)39)31(40)38-45(41,42)22(21)2/h4,9-10,12-13,15-17,21-22,25,28,32H,5-8,11,14,18-20H2,1-3H3,(H,38,40)/b15-4-/t21-,22+,25-,28+,33-,34-/m0/s1. The van der Waals surface area contributed by atoms with E-state index in [-0.39, 0.29) is 17.9 Å². The molecule has 2 heterocycles. The predicted octanol–water partition coefficient (Wildman–Crippen LogP) is 6.53. The number of nitrogens with zero attached hydrogens (tertiary/aromatic N) is 1. The molecule has 0 unspecified atom stereocenters. The Morgan fingerprint density at radius 2 is 1.96 bits per heavy atom. The van der Waals surface area contributed by atoms with Gasteiger partial charge < -0.3 is 14.4 Å². The Bertz CT molecular complexity index is 1600. The monoisotopic (exact) mass is 662 g/mol. The van der Waals surface area contributed by atoms with Gasteiger partial charge in [-0.25, -0.2) is 21.9 Å². The van der Waals surface area contributed by atoms with E-state index in [1.165, 1.54) is 25.7 Å². The quantitative estimate of drug-likeness (QED) is 0.368. The highest BCUT2D eigenvalue weighted by molar-refractivity contribution is 7.90. The summed E-state index contributed by atoms with van der Waals surface area (Å²) in [5.74, 6) is -1.14. The van der Waals surface area contributed by atoms with Crippen molar-refractivity contribution < 1.29 is 31.5 Å². The van der Waals surface area contributed by atoms with Crippen LogP contribution in [0.25, 0.3) is 0 Å². The Morgan fingerprint density at radius 3 is 2.67 bits per heavy atom. The summed E-state index contributed by atoms with van der Waals surface area (Å²) in [6.07, 6.45) is 4.59. The normalized spacial score (nSPS) is 33.7. The molecule has 11 heteroatoms. The maximum absolute atomic E-state index is 15.0. The fourth-order valence-corrected chi connectivity index (χ4v) is 9.31. The van der Waals surface area contributed by atoms with Crippen molar-refractivity contribution >= 4 is 33.2 Å². The number of amides is 1. The van der Waals surface area contributed by atoms with Crippen LogP contribution in [0.15, 0.2) is 48.6 Å². The lowest BCUT2D eigenvalue weighted by Gasteiger charge is -2.50. The van der Waals surface area contributed by atoms with Crippen molar-refractivity contribution in [3.05, 3.63) is 70.3 Å². The van der Waals surface area contributed by atoms with Crippen LogP contribution in [-0.4, -0.2) is 58.4 Å². The molecule has 2 bridgehead atoms. The number of carbonyl (C=O) groups excluding carboxylic acids is 1. The van der Waals surface area contributed by atoms with E-state index in [4.69, 9.17) is 21.1 Å². The van der Waals surface area contributed by atoms with Gasteiger partial charge in [0.2, 0.25) is 10.0 Å². The van der Waals surface area contributed by atoms with Crippen LogP contribution in [0.3, 0.4) is 0 Å². The number of hydrogen-bond acceptors (Lipinski definition) is 6. The zero-order valence-electron chi connectivity index (χ0n) is 25.9. The number of carbonyl (C=O) groups is 1. The van der Waals surface area contributed by atoms with E-state index in [2.05, 4.69) is 15.7 Å². The lowest BCUT2D eigenvalue weighted by molar-refractivity contribution is -0.156. The Balaban J connectivity index is 1.47. The summed E-state index contributed by atoms with van der Waals surface area (Å²) in [7, 11) is -2.73. The number of anilines is 1. The minimum Gasteiger partial charge on any atom is -0.490 e. The minimum absolute atomic E-state index is 0.109. The predicted molar refractivity (Wildman–Crippen MR) is 171 cm³/mol. The van der Waals surface area contributed by atoms with Gasteiger partial charge in [-0.05, 0) is 98.7 Å². The van der Waals surface area contributed by atoms with Gasteiger partial charge in [0.25, 0.3) is 12.3 Å². The van der Waals surface area contributed by atoms with Crippen molar-refractivity contribution in [2.24, 2.45) is 17.8 Å². The van der Waals surface area contributed by atoms with Crippen LogP contribution in [0.4, 0.5) is 14.5 Å². The van der Waals surface area contributed by atoms with Crippen LogP contribution < -0.4 is 14.4 Å². The van der Waals surface area contributed by atoms with Crippen LogP contribution in [-0.2, 0) is 26.6 Å². The number of allylic oxidation sites excluding steroid dienone is 1. The van der Waals surface area contributed by atoms with Crippen LogP contribution >= 0.6 is 11.6 Å². The molecule has 2 aliphatic heterocycles. The average Bonchev–Trinajstić information content (AvgIpc) is 3.14. The zero-order valence-corrected chi connectivity index (χ0v) is 27.5. The number of methoxy groups -OCH3 is 1. The Morgan fingerprint density at radius 1 is 1.16 bits per heavy atom. The van der Waals surface area contributed by atoms with Gasteiger partial charge in [-0.1, -0.05) is 36.7 Å². The van der Waals surface area contributed by atoms with Crippen LogP contribution in [0.5, 0.6) is 5.75 Å². The summed E-state index contributed by atoms with van der Waals surface area (Å²) in [6, 6.07) is 10.9. The molecule has 244 valence electrons. The number of benzene rings is 2. The van der Waals surface area contributed by atoms with Crippen molar-refractivity contribution in [2.75, 3.05) is 31.7 Å². The SMILES string of the molecule is CO[C@@]1(C(F)F)/C=C\C[C@H](C)[C@@H](C)S(=O)(=O)NC(=O)c2ccc3c(c2)N(C[C@@H]2CC[C@H]21)C[C@@]1(CCCc2cc(Cl)ccc21)CO3. The number of sulfonamides is 1. The molecule has 6 atom stereocenters. The van der Waals surface area contributed by atoms with Crippen molar-refractivity contribution in [1.82, 2.24) is 4.72 Å². The van der Waals surface area contributed by atoms with Crippen molar-refractivity contribution in [3.63, 3.8) is 0 Å². The summed E-state index contributed by atoms with van der Waals surface area (Å²) in [5.41, 5.74) is 0.984. The van der Waals surface area contributed by atoms with Gasteiger partial charge in [-0.15, -0.1) is 0 Å². The van der Waals surface area contributed by atoms with Crippen molar-refractivity contribution in [1.29, 1.82) is 0 Å². The number of alkyl halides is 2. The third-order valence-corrected chi connectivity index (χ3v) is 13.0. The third-order valence-electron chi connectivity index (χ3n) is 10.9. The molecule has 2 aromatic rings. The number of rotatable bonds is 2. The maximum Gasteiger partial charge on any atom is 0.270 e. The lowest BCUT2D eigenvalue weighted by atomic mass is 9.64. The highest BCUT2D eigenvalue weighted by Gasteiger charge is 2.53. The number of fused-ring (bicyclic) bond motifs is 4. The summed E-state index contributed by atoms with van der Waals surface area (Å²) >= 11 is 6.38. The number of ether oxygens (including phenoxy) is 2. The van der Waals surface area contributed by atoms with E-state index in [0.717, 1.165) is 31.2 Å². The number of halogens is 3. The van der Waals surface area contributed by atoms with Gasteiger partial charge >= 0.3 is 0 Å². The van der Waals surface area contributed by atoms with E-state index in [9.17, 15) is 22.0 Å². The minimum atomic E-state index is -4.06. The van der Waals surface area contributed by atoms with Gasteiger partial charge in [-0.3, -0.25) is 4.79 Å². The van der Waals surface area contributed by atoms with Gasteiger partial charge in [0, 0.05) is 42.1 Å². The Kier molecular flexibility index (Phi) is 8.71. The van der Waals surface area contributed by atoms with Gasteiger partial charge in [0.05, 0.1) is 17.5 Å². The molecule has 0 radical (unpaired) electrons. The number of nitrogens with one attached hydrogen (secondary N) is 1. The molecular weight excluding hydrogens is 622 g/mol. The summed E-state index contributed by atoms with van der Waals surface area (Å²) in [6.45, 7) is 4.65. The first-order chi connectivity index (χ1) is 21.4. The lowest BCUT2D eigenvalue weighted by Crippen LogP contribution is -2.55. The first-order valence-electron chi connectivity index (χ1n) is 15.8. The molecule has 1 amide bonds. The zero-order chi connectivity index (χ0) is 32.1. The fourth-order valence-electron chi connectivity index (χ4n) is 7.83. The van der Waals surface area contributed by atoms with Gasteiger partial charge in [0.15, 0.2) is 0 Å². The molecule has 2 aromatic carbocycles. The van der Waals surface area contributed by atoms with Crippen LogP contribution in [0.1, 0.15) is 67.4 Å². The van der Waals surface area contributed by atoms with Gasteiger partial charge in [-0.2, -0.15) is 0 Å². The van der Waals surface area contributed by atoms with E-state index in [1.807, 2.05) is 12.1 Å². The molecular formula is C34H41ClF2N2O5S. The first kappa shape index (κ1) is 32.3. The number of aryl methyl sites for hydroxylation is 1. The first-order valence-corrected chi connectivity index (χ1v) is 17.7. The fraction of sp³-hybridized carbons (Fsp3) is 0.559. The summed E-state index contributed by atoms with van der Waals surface area (Å²) < 4.78 is 70.9. The van der Waals surface area contributed by atoms with Crippen molar-refractivity contribution in [3.8, 4) is 5.75 Å². The molecule has 1 fully saturated rings. The molecule has 4 aliphatic rings. The Labute approximate surface area is 269 Å². The van der Waals surface area contributed by atoms with Gasteiger partial charge in [0.1, 0.15) is 11.4 Å². The topological polar surface area (TPSA) is 84.9 Å². The molecule has 1 spiro atoms. The third kappa shape index (κ3) is 5.76. The van der Waals surface area contributed by atoms with E-state index >= 15 is 0 Å². The molecule has 6 rings (SSSR count). The highest BCUT2D eigenvalue weighted by Crippen LogP contribution is 2.50. The van der Waals surface area contributed by atoms with E-state index in [0.29, 0.717) is 42.6 Å². The Hall–Kier alpha value is -2.69. The second-order valence-electron chi connectivity index (χ2n) is 13.4. The van der Waals surface area contributed by atoms with Crippen molar-refractivity contribution in [2.45, 2.75) is 75.1 Å². The maximum atomic E-state index is 15.0. The molecule has 1 saturated carbocycles. The molecule has 2 aliphatic carbocycles. The highest BCUT2D eigenvalue weighted by atomic mass is 35.5.